The van der Waals surface area contributed by atoms with Gasteiger partial charge in [-0.2, -0.15) is 0 Å². The van der Waals surface area contributed by atoms with E-state index in [9.17, 15) is 0 Å². The molecule has 0 aromatic heterocycles. The van der Waals surface area contributed by atoms with E-state index in [0.717, 1.165) is 0 Å². The van der Waals surface area contributed by atoms with Crippen molar-refractivity contribution in [3.05, 3.63) is 0 Å². The summed E-state index contributed by atoms with van der Waals surface area (Å²) in [6, 6.07) is 0. The van der Waals surface area contributed by atoms with Crippen molar-refractivity contribution in [2.24, 2.45) is 0 Å². The van der Waals surface area contributed by atoms with E-state index in [-0.39, 0.29) is 0 Å². The van der Waals surface area contributed by atoms with E-state index >= 15 is 0 Å². The predicted molar refractivity (Wildman–Crippen MR) is 26.1 cm³/mol. The summed E-state index contributed by atoms with van der Waals surface area (Å²) in [5, 5.41) is 0. The van der Waals surface area contributed by atoms with Crippen LogP contribution in [0.3, 0.4) is 0 Å². The summed E-state index contributed by atoms with van der Waals surface area (Å²) < 4.78 is 0. The Morgan fingerprint density at radius 2 is 1.50 bits per heavy atom. The van der Waals surface area contributed by atoms with Gasteiger partial charge in [0.15, 0.2) is 0 Å². The Morgan fingerprint density at radius 3 is 1.50 bits per heavy atom. The van der Waals surface area contributed by atoms with Gasteiger partial charge < -0.3 is 0 Å². The summed E-state index contributed by atoms with van der Waals surface area (Å²) in [7, 11) is 4.33. The molecule has 0 saturated carbocycles. The van der Waals surface area contributed by atoms with Gasteiger partial charge in [-0.1, -0.05) is 0 Å². The van der Waals surface area contributed by atoms with Gasteiger partial charge in [0, 0.05) is 0 Å². The van der Waals surface area contributed by atoms with Gasteiger partial charge in [0.05, 0.1) is 0 Å². The normalized spacial score (nSPS) is 8.50. The summed E-state index contributed by atoms with van der Waals surface area (Å²) in [6.45, 7) is 0. The molecule has 0 saturated heterocycles. The van der Waals surface area contributed by atoms with Gasteiger partial charge in [0.1, 0.15) is 0 Å². The molecule has 0 N–H and O–H groups in total. The maximum atomic E-state index is 3.99. The first-order valence-electron chi connectivity index (χ1n) is 0.999. The molecule has 0 bridgehead atoms. The summed E-state index contributed by atoms with van der Waals surface area (Å²) in [5.74, 6) is 0. The number of hydrogen-bond acceptors (Lipinski definition) is 1. The molecule has 0 rings (SSSR count). The quantitative estimate of drug-likeness (QED) is 0.311. The molecule has 0 aliphatic carbocycles. The monoisotopic (exact) mass is 93.0 g/mol. The first-order chi connectivity index (χ1) is 1.73. The molecule has 2 heteroatoms. The standard InChI is InChI=1S/C2H6PS/c1-4(2)3/h1-2H3/q-1. The van der Waals surface area contributed by atoms with Crippen LogP contribution in [0.15, 0.2) is 0 Å². The first kappa shape index (κ1) is 4.78. The van der Waals surface area contributed by atoms with Gasteiger partial charge in [-0.15, -0.1) is 0 Å². The van der Waals surface area contributed by atoms with Crippen molar-refractivity contribution >= 4 is 17.7 Å². The van der Waals surface area contributed by atoms with Crippen LogP contribution in [0.25, 0.3) is 0 Å². The van der Waals surface area contributed by atoms with Crippen LogP contribution in [0.4, 0.5) is 0 Å². The van der Waals surface area contributed by atoms with Crippen LogP contribution in [-0.4, -0.2) is 12.5 Å². The first-order valence-corrected chi connectivity index (χ1v) is 4.09. The van der Waals surface area contributed by atoms with Crippen molar-refractivity contribution in [1.82, 2.24) is 0 Å². The molecule has 0 nitrogen and oxygen atoms in total. The Labute approximate surface area is 31.0 Å². The van der Waals surface area contributed by atoms with E-state index in [2.05, 4.69) is 20.3 Å². The molecule has 0 radical (unpaired) electrons. The molecule has 0 aromatic rings. The molecule has 0 spiro atoms. The van der Waals surface area contributed by atoms with Crippen molar-refractivity contribution in [2.45, 2.75) is 0 Å². The Balaban J connectivity index is 3.02. The molecule has 26 valence electrons. The molecular weight excluding hydrogens is 87.1 g/mol. The fraction of sp³-hybridized carbons (Fsp3) is 1.00. The Morgan fingerprint density at radius 1 is 1.50 bits per heavy atom. The molecule has 4 heavy (non-hydrogen) atoms. The minimum absolute atomic E-state index is 0.333. The zero-order valence-electron chi connectivity index (χ0n) is 2.86. The van der Waals surface area contributed by atoms with E-state index in [4.69, 9.17) is 0 Å². The fourth-order valence-electron chi connectivity index (χ4n) is 0. The second-order valence-electron chi connectivity index (χ2n) is 0.773. The van der Waals surface area contributed by atoms with Crippen molar-refractivity contribution in [3.8, 4) is 0 Å². The van der Waals surface area contributed by atoms with Crippen LogP contribution >= 0.6 is 7.81 Å². The van der Waals surface area contributed by atoms with Gasteiger partial charge in [0.25, 0.3) is 0 Å². The molecule has 0 heterocycles. The van der Waals surface area contributed by atoms with Crippen LogP contribution in [0.2, 0.25) is 0 Å². The van der Waals surface area contributed by atoms with Crippen LogP contribution in [0.1, 0.15) is 0 Å². The SMILES string of the molecule is C[S-](C)#P. The average molecular weight is 93.1 g/mol. The van der Waals surface area contributed by atoms with E-state index in [0.29, 0.717) is 9.87 Å². The van der Waals surface area contributed by atoms with E-state index in [1.54, 1.807) is 0 Å². The Bertz CT molecular complexity index is 52.2. The fourth-order valence-corrected chi connectivity index (χ4v) is 0. The topological polar surface area (TPSA) is 0 Å². The van der Waals surface area contributed by atoms with Crippen molar-refractivity contribution in [2.75, 3.05) is 12.5 Å². The summed E-state index contributed by atoms with van der Waals surface area (Å²) in [6.07, 6.45) is 4.12. The van der Waals surface area contributed by atoms with E-state index < -0.39 is 0 Å². The molecule has 0 aliphatic rings. The van der Waals surface area contributed by atoms with Gasteiger partial charge in [-0.25, -0.2) is 0 Å². The van der Waals surface area contributed by atoms with Gasteiger partial charge in [-0.3, -0.25) is 0 Å². The molecule has 0 fully saturated rings. The van der Waals surface area contributed by atoms with Crippen LogP contribution in [0.5, 0.6) is 0 Å². The zero-order chi connectivity index (χ0) is 3.58. The van der Waals surface area contributed by atoms with Crippen molar-refractivity contribution in [1.29, 1.82) is 0 Å². The Hall–Kier alpha value is 0.780. The summed E-state index contributed by atoms with van der Waals surface area (Å²) in [5.41, 5.74) is 0. The summed E-state index contributed by atoms with van der Waals surface area (Å²) in [4.78, 5) is 0. The molecule has 0 amide bonds. The number of hydrogen-bond donors (Lipinski definition) is 0. The minimum atomic E-state index is 0.333. The molecule has 0 aliphatic heterocycles. The third kappa shape index (κ3) is 14.5. The Kier molecular flexibility index (Phi) is 2.44. The molecule has 0 aromatic carbocycles. The van der Waals surface area contributed by atoms with E-state index in [1.165, 1.54) is 0 Å². The summed E-state index contributed by atoms with van der Waals surface area (Å²) >= 11 is 0. The van der Waals surface area contributed by atoms with Gasteiger partial charge >= 0.3 is 30.2 Å². The molecular formula is C2H6PS-. The van der Waals surface area contributed by atoms with Gasteiger partial charge in [0.2, 0.25) is 0 Å². The van der Waals surface area contributed by atoms with Gasteiger partial charge in [-0.05, 0) is 0 Å². The maximum absolute atomic E-state index is 3.99. The second kappa shape index (κ2) is 2.04. The average Bonchev–Trinajstić information content (AvgIpc) is 0.811. The van der Waals surface area contributed by atoms with E-state index in [1.807, 2.05) is 0 Å². The zero-order valence-corrected chi connectivity index (χ0v) is 4.57. The van der Waals surface area contributed by atoms with Crippen LogP contribution < -0.4 is 0 Å². The molecule has 0 unspecified atom stereocenters. The van der Waals surface area contributed by atoms with Crippen molar-refractivity contribution in [3.63, 3.8) is 0 Å². The molecule has 0 atom stereocenters. The van der Waals surface area contributed by atoms with Crippen LogP contribution in [-0.2, 0) is 9.87 Å². The van der Waals surface area contributed by atoms with Crippen LogP contribution in [0, 0.1) is 0 Å². The number of rotatable bonds is 0. The predicted octanol–water partition coefficient (Wildman–Crippen LogP) is 1.19. The van der Waals surface area contributed by atoms with Crippen molar-refractivity contribution < 1.29 is 0 Å². The third-order valence-corrected chi connectivity index (χ3v) is 0. The third-order valence-electron chi connectivity index (χ3n) is 0. The second-order valence-corrected chi connectivity index (χ2v) is 4.51.